The molecule has 0 radical (unpaired) electrons. The van der Waals surface area contributed by atoms with Crippen LogP contribution in [0.3, 0.4) is 0 Å². The number of alkyl halides is 3. The zero-order valence-corrected chi connectivity index (χ0v) is 17.7. The Bertz CT molecular complexity index is 1060. The molecule has 3 saturated heterocycles. The number of carbonyl (C=O) groups excluding carboxylic acids is 3. The van der Waals surface area contributed by atoms with Crippen LogP contribution in [0.5, 0.6) is 0 Å². The molecule has 2 bridgehead atoms. The molecule has 3 fully saturated rings. The van der Waals surface area contributed by atoms with Crippen molar-refractivity contribution in [3.05, 3.63) is 29.3 Å². The summed E-state index contributed by atoms with van der Waals surface area (Å²) in [6.45, 7) is 5.27. The zero-order chi connectivity index (χ0) is 23.6. The molecule has 0 spiro atoms. The van der Waals surface area contributed by atoms with E-state index in [-0.39, 0.29) is 18.7 Å². The number of carbonyl (C=O) groups is 3. The minimum atomic E-state index is -4.84. The Morgan fingerprint density at radius 2 is 1.94 bits per heavy atom. The molecule has 0 saturated carbocycles. The van der Waals surface area contributed by atoms with E-state index in [4.69, 9.17) is 14.7 Å². The van der Waals surface area contributed by atoms with Crippen LogP contribution in [0.25, 0.3) is 0 Å². The van der Waals surface area contributed by atoms with Crippen LogP contribution in [0.15, 0.2) is 18.2 Å². The van der Waals surface area contributed by atoms with E-state index in [0.717, 1.165) is 17.0 Å². The second-order valence-corrected chi connectivity index (χ2v) is 8.83. The molecule has 10 heteroatoms. The predicted molar refractivity (Wildman–Crippen MR) is 103 cm³/mol. The highest BCUT2D eigenvalue weighted by Crippen LogP contribution is 2.63. The van der Waals surface area contributed by atoms with Crippen molar-refractivity contribution < 1.29 is 37.0 Å². The van der Waals surface area contributed by atoms with Crippen LogP contribution in [-0.4, -0.2) is 35.6 Å². The molecular formula is C22H21F3N2O5. The molecule has 3 aliphatic heterocycles. The summed E-state index contributed by atoms with van der Waals surface area (Å²) >= 11 is 0. The minimum absolute atomic E-state index is 0.168. The van der Waals surface area contributed by atoms with Crippen molar-refractivity contribution in [1.29, 1.82) is 5.26 Å². The maximum absolute atomic E-state index is 13.4. The van der Waals surface area contributed by atoms with Gasteiger partial charge in [0, 0.05) is 0 Å². The molecule has 3 aliphatic rings. The van der Waals surface area contributed by atoms with E-state index in [1.807, 2.05) is 6.92 Å². The first-order valence-corrected chi connectivity index (χ1v) is 10.2. The fourth-order valence-corrected chi connectivity index (χ4v) is 5.43. The van der Waals surface area contributed by atoms with Crippen LogP contribution in [0.4, 0.5) is 18.9 Å². The maximum Gasteiger partial charge on any atom is 0.417 e. The van der Waals surface area contributed by atoms with Crippen molar-refractivity contribution in [2.45, 2.75) is 51.0 Å². The molecule has 5 atom stereocenters. The van der Waals surface area contributed by atoms with Gasteiger partial charge in [-0.15, -0.1) is 0 Å². The number of imide groups is 1. The van der Waals surface area contributed by atoms with Gasteiger partial charge in [0.15, 0.2) is 0 Å². The Labute approximate surface area is 182 Å². The summed E-state index contributed by atoms with van der Waals surface area (Å²) < 4.78 is 51.6. The largest absolute Gasteiger partial charge is 0.465 e. The highest BCUT2D eigenvalue weighted by molar-refractivity contribution is 6.23. The number of amides is 2. The van der Waals surface area contributed by atoms with E-state index in [1.165, 1.54) is 6.07 Å². The summed E-state index contributed by atoms with van der Waals surface area (Å²) in [6.07, 6.45) is -4.05. The predicted octanol–water partition coefficient (Wildman–Crippen LogP) is 3.20. The van der Waals surface area contributed by atoms with Crippen molar-refractivity contribution in [3.8, 4) is 6.07 Å². The molecule has 3 heterocycles. The summed E-state index contributed by atoms with van der Waals surface area (Å²) in [5.41, 5.74) is -4.55. The molecule has 32 heavy (non-hydrogen) atoms. The molecule has 1 aromatic carbocycles. The SMILES string of the molecule is CCCOC(=O)[C@@H]1C[C@@]2(C)O[C@]1(C)[C@@H]1C(=O)N(c3ccc(C#N)c(C(F)(F)F)c3)C(=O)[C@@H]12. The molecule has 0 N–H and O–H groups in total. The lowest BCUT2D eigenvalue weighted by Gasteiger charge is -2.33. The molecule has 0 aliphatic carbocycles. The quantitative estimate of drug-likeness (QED) is 0.516. The molecule has 4 rings (SSSR count). The number of hydrogen-bond acceptors (Lipinski definition) is 6. The number of anilines is 1. The third kappa shape index (κ3) is 2.94. The Morgan fingerprint density at radius 3 is 2.53 bits per heavy atom. The van der Waals surface area contributed by atoms with Gasteiger partial charge in [0.2, 0.25) is 11.8 Å². The lowest BCUT2D eigenvalue weighted by Crippen LogP contribution is -2.49. The fraction of sp³-hybridized carbons (Fsp3) is 0.545. The van der Waals surface area contributed by atoms with Crippen molar-refractivity contribution in [2.24, 2.45) is 17.8 Å². The second-order valence-electron chi connectivity index (χ2n) is 8.83. The molecule has 0 unspecified atom stereocenters. The first-order valence-electron chi connectivity index (χ1n) is 10.2. The van der Waals surface area contributed by atoms with Crippen molar-refractivity contribution in [3.63, 3.8) is 0 Å². The number of ether oxygens (including phenoxy) is 2. The van der Waals surface area contributed by atoms with Gasteiger partial charge in [-0.05, 0) is 44.9 Å². The highest BCUT2D eigenvalue weighted by atomic mass is 19.4. The monoisotopic (exact) mass is 450 g/mol. The van der Waals surface area contributed by atoms with Crippen molar-refractivity contribution in [2.75, 3.05) is 11.5 Å². The smallest absolute Gasteiger partial charge is 0.417 e. The highest BCUT2D eigenvalue weighted by Gasteiger charge is 2.77. The summed E-state index contributed by atoms with van der Waals surface area (Å²) in [5, 5.41) is 9.00. The summed E-state index contributed by atoms with van der Waals surface area (Å²) in [4.78, 5) is 40.0. The minimum Gasteiger partial charge on any atom is -0.465 e. The normalized spacial score (nSPS) is 33.4. The number of halogens is 3. The van der Waals surface area contributed by atoms with Crippen LogP contribution in [0, 0.1) is 29.1 Å². The molecule has 1 aromatic rings. The summed E-state index contributed by atoms with van der Waals surface area (Å²) in [6, 6.07) is 4.19. The van der Waals surface area contributed by atoms with Gasteiger partial charge in [0.05, 0.1) is 58.4 Å². The fourth-order valence-electron chi connectivity index (χ4n) is 5.43. The number of nitriles is 1. The second kappa shape index (κ2) is 7.04. The average molecular weight is 450 g/mol. The van der Waals surface area contributed by atoms with Gasteiger partial charge in [-0.25, -0.2) is 4.90 Å². The van der Waals surface area contributed by atoms with Gasteiger partial charge < -0.3 is 9.47 Å². The standard InChI is InChI=1S/C22H21F3N2O5/c1-4-7-31-19(30)14-9-20(2)15-16(21(14,3)32-20)18(29)27(17(15)28)12-6-5-11(10-26)13(8-12)22(23,24)25/h5-6,8,14-16H,4,7,9H2,1-3H3/t14-,15+,16-,20+,21-/m0/s1. The molecule has 170 valence electrons. The van der Waals surface area contributed by atoms with E-state index < -0.39 is 64.0 Å². The summed E-state index contributed by atoms with van der Waals surface area (Å²) in [5.74, 6) is -4.66. The number of rotatable bonds is 4. The number of esters is 1. The number of hydrogen-bond donors (Lipinski definition) is 0. The first-order chi connectivity index (χ1) is 14.9. The molecule has 0 aromatic heterocycles. The van der Waals surface area contributed by atoms with Gasteiger partial charge in [0.1, 0.15) is 0 Å². The van der Waals surface area contributed by atoms with E-state index in [1.54, 1.807) is 13.8 Å². The third-order valence-electron chi connectivity index (χ3n) is 6.76. The van der Waals surface area contributed by atoms with Crippen LogP contribution in [-0.2, 0) is 30.0 Å². The van der Waals surface area contributed by atoms with Crippen molar-refractivity contribution >= 4 is 23.5 Å². The Kier molecular flexibility index (Phi) is 4.90. The lowest BCUT2D eigenvalue weighted by molar-refractivity contribution is -0.156. The Morgan fingerprint density at radius 1 is 1.28 bits per heavy atom. The van der Waals surface area contributed by atoms with Crippen LogP contribution in [0.1, 0.15) is 44.7 Å². The first kappa shape index (κ1) is 22.3. The maximum atomic E-state index is 13.4. The Balaban J connectivity index is 1.73. The van der Waals surface area contributed by atoms with Crippen LogP contribution >= 0.6 is 0 Å². The van der Waals surface area contributed by atoms with E-state index in [2.05, 4.69) is 0 Å². The van der Waals surface area contributed by atoms with E-state index in [0.29, 0.717) is 12.5 Å². The van der Waals surface area contributed by atoms with E-state index in [9.17, 15) is 27.6 Å². The van der Waals surface area contributed by atoms with E-state index >= 15 is 0 Å². The molecular weight excluding hydrogens is 429 g/mol. The Hall–Kier alpha value is -2.93. The zero-order valence-electron chi connectivity index (χ0n) is 17.7. The van der Waals surface area contributed by atoms with Crippen LogP contribution < -0.4 is 4.90 Å². The van der Waals surface area contributed by atoms with Crippen LogP contribution in [0.2, 0.25) is 0 Å². The average Bonchev–Trinajstić information content (AvgIpc) is 3.25. The lowest BCUT2D eigenvalue weighted by atomic mass is 9.64. The number of benzene rings is 1. The van der Waals surface area contributed by atoms with Gasteiger partial charge in [0.25, 0.3) is 0 Å². The summed E-state index contributed by atoms with van der Waals surface area (Å²) in [7, 11) is 0. The van der Waals surface area contributed by atoms with Gasteiger partial charge in [-0.2, -0.15) is 18.4 Å². The molecule has 7 nitrogen and oxygen atoms in total. The molecule has 2 amide bonds. The third-order valence-corrected chi connectivity index (χ3v) is 6.76. The van der Waals surface area contributed by atoms with Gasteiger partial charge in [-0.3, -0.25) is 14.4 Å². The number of nitrogens with zero attached hydrogens (tertiary/aromatic N) is 2. The number of fused-ring (bicyclic) bond motifs is 5. The van der Waals surface area contributed by atoms with Crippen molar-refractivity contribution in [1.82, 2.24) is 0 Å². The van der Waals surface area contributed by atoms with Gasteiger partial charge >= 0.3 is 12.1 Å². The van der Waals surface area contributed by atoms with Gasteiger partial charge in [-0.1, -0.05) is 6.92 Å². The topological polar surface area (TPSA) is 96.7 Å².